The zero-order valence-corrected chi connectivity index (χ0v) is 67.5. The molecule has 0 aromatic rings. The first-order valence-electron chi connectivity index (χ1n) is 39.8. The first kappa shape index (κ1) is 102. The highest BCUT2D eigenvalue weighted by Gasteiger charge is 2.63. The summed E-state index contributed by atoms with van der Waals surface area (Å²) in [6, 6.07) is -9.36. The van der Waals surface area contributed by atoms with Crippen LogP contribution in [-0.2, 0) is 114 Å². The standard InChI is InChI=1S/C70H117N5O49/c1-16-36(88)48(100)50(102)66(107-16)123-59-57(121-63-31(71-18(3)83)45(97)38(90)23(8-76)110-63)42(94)27(12-80)114-69(59)117-53-29(14-82)116-62(33(47(53)99)73-20(5)85)106-15-30-44(96)54(34(61(105)109-30)74-21(6)86)118-68-52(104)56(41(93)26(11-79)113-68)120-65-35(75-22(7)87)55(40(92)25(10-78)112-65)119-70-60(124-67-51(103)49(101)37(89)17(2)108-67)58(43(95)28(13-81)115-70)122-64-32(72-19(4)84)46(98)39(91)24(9-77)111-64/h16-17,23-70,76-82,88-105H,8-15H2,1-7H3,(H,71,83)(H,72,84)(H,73,85)(H,74,86)(H,75,87)/t16-,17-,23+,24+,25+,26+,27+,28+,29+,30+,31+,32+,33+,34+,35+,36+,37+,38-,39-,40+,41-,42-,43-,44-,45+,46+,47+,48+,49+,50-,51-,52+,53+,54+,55+,56-,57-,58-,59+,60+,61-,62+,63+,64+,65-,66-,67-,68-,69-,70-/m0/s1. The van der Waals surface area contributed by atoms with E-state index >= 15 is 0 Å². The molecule has 0 spiro atoms. The fourth-order valence-corrected chi connectivity index (χ4v) is 16.2. The summed E-state index contributed by atoms with van der Waals surface area (Å²) in [7, 11) is 0. The summed E-state index contributed by atoms with van der Waals surface area (Å²) in [5, 5.41) is 293. The van der Waals surface area contributed by atoms with Crippen LogP contribution in [0.15, 0.2) is 0 Å². The Morgan fingerprint density at radius 3 is 0.903 bits per heavy atom. The number of hydrogen-bond donors (Lipinski definition) is 30. The number of hydrogen-bond acceptors (Lipinski definition) is 49. The second-order valence-corrected chi connectivity index (χ2v) is 31.7. The fourth-order valence-electron chi connectivity index (χ4n) is 16.2. The zero-order valence-electron chi connectivity index (χ0n) is 67.5. The molecule has 716 valence electrons. The highest BCUT2D eigenvalue weighted by molar-refractivity contribution is 5.75. The molecule has 30 N–H and O–H groups in total. The molecule has 0 aromatic carbocycles. The van der Waals surface area contributed by atoms with E-state index in [4.69, 9.17) is 90.0 Å². The van der Waals surface area contributed by atoms with Crippen molar-refractivity contribution in [3.05, 3.63) is 0 Å². The largest absolute Gasteiger partial charge is 0.394 e. The predicted octanol–water partition coefficient (Wildman–Crippen LogP) is -20.0. The second kappa shape index (κ2) is 44.2. The Balaban J connectivity index is 0.910. The summed E-state index contributed by atoms with van der Waals surface area (Å²) in [5.41, 5.74) is 0. The first-order valence-corrected chi connectivity index (χ1v) is 39.8. The van der Waals surface area contributed by atoms with Gasteiger partial charge in [-0.25, -0.2) is 0 Å². The van der Waals surface area contributed by atoms with Gasteiger partial charge in [0.2, 0.25) is 29.5 Å². The van der Waals surface area contributed by atoms with Gasteiger partial charge in [-0.1, -0.05) is 0 Å². The molecule has 54 heteroatoms. The molecular weight excluding hydrogens is 1690 g/mol. The van der Waals surface area contributed by atoms with E-state index in [2.05, 4.69) is 26.6 Å². The van der Waals surface area contributed by atoms with Gasteiger partial charge in [0, 0.05) is 34.6 Å². The highest BCUT2D eigenvalue weighted by atomic mass is 16.8. The predicted molar refractivity (Wildman–Crippen MR) is 385 cm³/mol. The monoisotopic (exact) mass is 1810 g/mol. The van der Waals surface area contributed by atoms with Crippen LogP contribution in [0, 0.1) is 0 Å². The van der Waals surface area contributed by atoms with Crippen LogP contribution < -0.4 is 26.6 Å². The number of carbonyl (C=O) groups excluding carboxylic acids is 5. The molecule has 10 aliphatic heterocycles. The van der Waals surface area contributed by atoms with Gasteiger partial charge in [-0.05, 0) is 13.8 Å². The molecule has 0 aromatic heterocycles. The third-order valence-electron chi connectivity index (χ3n) is 22.8. The second-order valence-electron chi connectivity index (χ2n) is 31.7. The quantitative estimate of drug-likeness (QED) is 0.0306. The van der Waals surface area contributed by atoms with Crippen molar-refractivity contribution in [3.8, 4) is 0 Å². The maximum Gasteiger partial charge on any atom is 0.217 e. The van der Waals surface area contributed by atoms with Gasteiger partial charge in [-0.15, -0.1) is 0 Å². The zero-order chi connectivity index (χ0) is 91.4. The van der Waals surface area contributed by atoms with Crippen LogP contribution in [-0.4, -0.2) is 517 Å². The van der Waals surface area contributed by atoms with Crippen molar-refractivity contribution in [2.45, 2.75) is 355 Å². The molecule has 10 aliphatic rings. The fraction of sp³-hybridized carbons (Fsp3) is 0.929. The molecule has 0 aliphatic carbocycles. The molecule has 0 unspecified atom stereocenters. The Morgan fingerprint density at radius 2 is 0.500 bits per heavy atom. The number of carbonyl (C=O) groups is 5. The number of amides is 5. The van der Waals surface area contributed by atoms with E-state index in [0.29, 0.717) is 0 Å². The molecular formula is C70H117N5O49. The number of aliphatic hydroxyl groups is 25. The summed E-state index contributed by atoms with van der Waals surface area (Å²) in [6.45, 7) is -1.55. The lowest BCUT2D eigenvalue weighted by molar-refractivity contribution is -0.400. The average Bonchev–Trinajstić information content (AvgIpc) is 0.768. The van der Waals surface area contributed by atoms with Gasteiger partial charge in [-0.3, -0.25) is 24.0 Å². The summed E-state index contributed by atoms with van der Waals surface area (Å²) >= 11 is 0. The lowest BCUT2D eigenvalue weighted by atomic mass is 9.93. The van der Waals surface area contributed by atoms with E-state index < -0.39 is 389 Å². The molecule has 124 heavy (non-hydrogen) atoms. The van der Waals surface area contributed by atoms with Gasteiger partial charge in [0.1, 0.15) is 232 Å². The van der Waals surface area contributed by atoms with Gasteiger partial charge in [0.25, 0.3) is 0 Å². The molecule has 54 nitrogen and oxygen atoms in total. The summed E-state index contributed by atoms with van der Waals surface area (Å²) in [6.07, 6.45) is -91.6. The minimum absolute atomic E-state index is 0.836. The Bertz CT molecular complexity index is 3400. The van der Waals surface area contributed by atoms with Crippen LogP contribution in [0.3, 0.4) is 0 Å². The molecule has 10 saturated heterocycles. The molecule has 10 fully saturated rings. The van der Waals surface area contributed by atoms with E-state index in [9.17, 15) is 152 Å². The van der Waals surface area contributed by atoms with Crippen LogP contribution in [0.4, 0.5) is 0 Å². The van der Waals surface area contributed by atoms with Crippen molar-refractivity contribution in [2.75, 3.05) is 52.9 Å². The van der Waals surface area contributed by atoms with Crippen LogP contribution in [0.25, 0.3) is 0 Å². The van der Waals surface area contributed by atoms with Gasteiger partial charge < -0.3 is 244 Å². The van der Waals surface area contributed by atoms with Crippen molar-refractivity contribution in [1.82, 2.24) is 26.6 Å². The minimum atomic E-state index is -2.47. The molecule has 0 saturated carbocycles. The number of rotatable bonds is 31. The Hall–Kier alpha value is -4.41. The third-order valence-corrected chi connectivity index (χ3v) is 22.8. The van der Waals surface area contributed by atoms with E-state index in [1.165, 1.54) is 13.8 Å². The van der Waals surface area contributed by atoms with Gasteiger partial charge in [-0.2, -0.15) is 0 Å². The summed E-state index contributed by atoms with van der Waals surface area (Å²) in [5.74, 6) is -4.58. The van der Waals surface area contributed by atoms with Crippen LogP contribution in [0.1, 0.15) is 48.5 Å². The van der Waals surface area contributed by atoms with Crippen molar-refractivity contribution in [3.63, 3.8) is 0 Å². The molecule has 5 amide bonds. The Morgan fingerprint density at radius 1 is 0.226 bits per heavy atom. The molecule has 50 atom stereocenters. The van der Waals surface area contributed by atoms with E-state index in [1.54, 1.807) is 0 Å². The normalized spacial score (nSPS) is 49.0. The Kier molecular flexibility index (Phi) is 36.3. The lowest BCUT2D eigenvalue weighted by Gasteiger charge is -2.52. The maximum atomic E-state index is 13.4. The number of nitrogens with one attached hydrogen (secondary N) is 5. The number of ether oxygens (including phenoxy) is 19. The maximum absolute atomic E-state index is 13.4. The Labute approximate surface area is 703 Å². The highest BCUT2D eigenvalue weighted by Crippen LogP contribution is 2.42. The van der Waals surface area contributed by atoms with Crippen molar-refractivity contribution < 1.29 is 242 Å². The van der Waals surface area contributed by atoms with E-state index in [-0.39, 0.29) is 0 Å². The molecule has 0 radical (unpaired) electrons. The molecule has 10 heterocycles. The van der Waals surface area contributed by atoms with E-state index in [1.807, 2.05) is 0 Å². The van der Waals surface area contributed by atoms with Crippen LogP contribution in [0.5, 0.6) is 0 Å². The van der Waals surface area contributed by atoms with Gasteiger partial charge in [0.15, 0.2) is 62.9 Å². The van der Waals surface area contributed by atoms with Gasteiger partial charge >= 0.3 is 0 Å². The van der Waals surface area contributed by atoms with Crippen LogP contribution >= 0.6 is 0 Å². The van der Waals surface area contributed by atoms with Crippen molar-refractivity contribution >= 4 is 29.5 Å². The summed E-state index contributed by atoms with van der Waals surface area (Å²) in [4.78, 5) is 64.6. The smallest absolute Gasteiger partial charge is 0.217 e. The van der Waals surface area contributed by atoms with Crippen molar-refractivity contribution in [2.24, 2.45) is 0 Å². The van der Waals surface area contributed by atoms with Gasteiger partial charge in [0.05, 0.1) is 65.1 Å². The van der Waals surface area contributed by atoms with Crippen LogP contribution in [0.2, 0.25) is 0 Å². The van der Waals surface area contributed by atoms with E-state index in [0.717, 1.165) is 34.6 Å². The number of aliphatic hydroxyl groups excluding tert-OH is 25. The topological polar surface area (TPSA) is 827 Å². The minimum Gasteiger partial charge on any atom is -0.394 e. The average molecular weight is 1810 g/mol. The lowest BCUT2D eigenvalue weighted by Crippen LogP contribution is -2.71. The summed E-state index contributed by atoms with van der Waals surface area (Å²) < 4.78 is 115. The third kappa shape index (κ3) is 22.5. The molecule has 10 rings (SSSR count). The SMILES string of the molecule is CC(=O)N[C@@H]1[C@@H](O[C@@H]2O[C@H](CO)[C@H](O)[C@H](O[C@@H]3O[C@H](CO)[C@@H](O)[C@H](O[C@@H]4O[C@H](CO)[C@H](O)[C@H](O[C@H]5O[C@H](CO)[C@H](O)[C@H](O)[C@H]5NC(C)=O)[C@H]4O[C@@H]4O[C@@H](C)[C@@H](O)[C@@H](O)[C@@H]4O)[C@H]3NC(C)=O)[C@H]2O)[C@@H](O)[C@@H](CO[C@@H]2O[C@H](CO)[C@@H](O[C@@H]3O[C@H](CO)[C@H](O)[C@H](O[C@H]4O[C@H](CO)[C@H](O)[C@H](O)[C@H]4NC(C)=O)[C@H]3O[C@@H]3O[C@@H](C)[C@@H](O)[C@@H](O)[C@@H]3O)[C@H](O)[C@H]2NC(C)=O)O[C@@H]1O. The van der Waals surface area contributed by atoms with Crippen molar-refractivity contribution in [1.29, 1.82) is 0 Å². The molecule has 0 bridgehead atoms. The first-order chi connectivity index (χ1) is 58.6.